The molecule has 1 aliphatic carbocycles. The van der Waals surface area contributed by atoms with Crippen molar-refractivity contribution in [2.45, 2.75) is 52.0 Å². The summed E-state index contributed by atoms with van der Waals surface area (Å²) < 4.78 is 26.4. The highest BCUT2D eigenvalue weighted by Crippen LogP contribution is 2.60. The normalized spacial score (nSPS) is 24.1. The number of aliphatic hydroxyl groups is 1. The van der Waals surface area contributed by atoms with Crippen LogP contribution < -0.4 is 14.9 Å². The lowest BCUT2D eigenvalue weighted by Crippen LogP contribution is -2.35. The van der Waals surface area contributed by atoms with Crippen LogP contribution in [0.25, 0.3) is 0 Å². The van der Waals surface area contributed by atoms with Gasteiger partial charge in [0.25, 0.3) is 7.37 Å². The number of benzene rings is 2. The topological polar surface area (TPSA) is 59.0 Å². The van der Waals surface area contributed by atoms with Gasteiger partial charge in [0.2, 0.25) is 0 Å². The Bertz CT molecular complexity index is 910. The largest absolute Gasteiger partial charge is 0.497 e. The Kier molecular flexibility index (Phi) is 8.08. The fourth-order valence-corrected chi connectivity index (χ4v) is 6.92. The van der Waals surface area contributed by atoms with E-state index in [1.165, 1.54) is 0 Å². The minimum Gasteiger partial charge on any atom is -0.497 e. The van der Waals surface area contributed by atoms with Gasteiger partial charge in [-0.05, 0) is 72.6 Å². The minimum absolute atomic E-state index is 0.147. The average molecular weight is 460 g/mol. The molecule has 0 aliphatic heterocycles. The van der Waals surface area contributed by atoms with E-state index in [0.717, 1.165) is 24.9 Å². The zero-order chi connectivity index (χ0) is 23.5. The minimum atomic E-state index is -3.63. The van der Waals surface area contributed by atoms with Crippen LogP contribution in [0.5, 0.6) is 5.75 Å². The van der Waals surface area contributed by atoms with Crippen molar-refractivity contribution in [3.05, 3.63) is 54.1 Å². The van der Waals surface area contributed by atoms with Crippen LogP contribution in [0.2, 0.25) is 0 Å². The maximum Gasteiger partial charge on any atom is 0.264 e. The van der Waals surface area contributed by atoms with Gasteiger partial charge in [0, 0.05) is 25.1 Å². The molecule has 0 heterocycles. The van der Waals surface area contributed by atoms with Gasteiger partial charge in [-0.15, -0.1) is 0 Å². The molecule has 0 bridgehead atoms. The first-order chi connectivity index (χ1) is 15.2. The summed E-state index contributed by atoms with van der Waals surface area (Å²) in [6.07, 6.45) is 2.93. The van der Waals surface area contributed by atoms with E-state index in [2.05, 4.69) is 20.8 Å². The SMILES string of the molecule is COc1ccc([C@H](O)[P@](=O)(O[C@@H]2C[C@H](C)CC[C@H]2C(C)C)c2ccc(N(C)C)cc2)cc1. The molecule has 3 rings (SSSR count). The highest BCUT2D eigenvalue weighted by molar-refractivity contribution is 7.67. The molecular weight excluding hydrogens is 421 g/mol. The average Bonchev–Trinajstić information content (AvgIpc) is 2.78. The number of anilines is 1. The standard InChI is InChI=1S/C26H38NO4P/c1-18(2)24-16-7-19(3)17-25(24)31-32(29,23-14-10-21(11-15-23)27(4)5)26(28)20-8-12-22(30-6)13-9-20/h8-15,18-19,24-26,28H,7,16-17H2,1-6H3/t19-,24+,25-,26-,32-/m1/s1. The van der Waals surface area contributed by atoms with Crippen molar-refractivity contribution in [1.29, 1.82) is 0 Å². The van der Waals surface area contributed by atoms with Gasteiger partial charge in [-0.2, -0.15) is 0 Å². The summed E-state index contributed by atoms with van der Waals surface area (Å²) in [5.74, 6) is 0.702. The second-order valence-corrected chi connectivity index (χ2v) is 12.0. The van der Waals surface area contributed by atoms with Crippen LogP contribution >= 0.6 is 7.37 Å². The molecule has 1 aliphatic rings. The molecule has 0 saturated heterocycles. The summed E-state index contributed by atoms with van der Waals surface area (Å²) in [6.45, 7) is 6.63. The molecule has 0 aromatic heterocycles. The summed E-state index contributed by atoms with van der Waals surface area (Å²) in [5.41, 5.74) is 1.57. The van der Waals surface area contributed by atoms with Crippen LogP contribution in [-0.4, -0.2) is 32.4 Å². The maximum absolute atomic E-state index is 14.6. The van der Waals surface area contributed by atoms with Gasteiger partial charge < -0.3 is 19.3 Å². The second-order valence-electron chi connectivity index (χ2n) is 9.62. The van der Waals surface area contributed by atoms with Crippen LogP contribution in [0.1, 0.15) is 51.4 Å². The number of rotatable bonds is 8. The van der Waals surface area contributed by atoms with Gasteiger partial charge in [0.1, 0.15) is 5.75 Å². The van der Waals surface area contributed by atoms with E-state index < -0.39 is 13.2 Å². The number of methoxy groups -OCH3 is 1. The van der Waals surface area contributed by atoms with Crippen molar-refractivity contribution in [3.8, 4) is 5.75 Å². The predicted octanol–water partition coefficient (Wildman–Crippen LogP) is 5.83. The molecule has 5 nitrogen and oxygen atoms in total. The third-order valence-electron chi connectivity index (χ3n) is 6.72. The summed E-state index contributed by atoms with van der Waals surface area (Å²) in [6, 6.07) is 14.6. The van der Waals surface area contributed by atoms with E-state index in [0.29, 0.717) is 34.4 Å². The Morgan fingerprint density at radius 2 is 1.66 bits per heavy atom. The van der Waals surface area contributed by atoms with Crippen LogP contribution in [0.15, 0.2) is 48.5 Å². The Balaban J connectivity index is 2.02. The van der Waals surface area contributed by atoms with Crippen LogP contribution in [0.4, 0.5) is 5.69 Å². The van der Waals surface area contributed by atoms with Crippen molar-refractivity contribution >= 4 is 18.4 Å². The molecule has 1 N–H and O–H groups in total. The smallest absolute Gasteiger partial charge is 0.264 e. The number of ether oxygens (including phenoxy) is 1. The first-order valence-corrected chi connectivity index (χ1v) is 13.2. The van der Waals surface area contributed by atoms with E-state index in [1.54, 1.807) is 31.4 Å². The summed E-state index contributed by atoms with van der Waals surface area (Å²) in [5, 5.41) is 12.0. The molecule has 5 atom stereocenters. The molecule has 0 radical (unpaired) electrons. The molecule has 2 aromatic rings. The Morgan fingerprint density at radius 3 is 2.19 bits per heavy atom. The number of aliphatic hydroxyl groups excluding tert-OH is 1. The first-order valence-electron chi connectivity index (χ1n) is 11.5. The predicted molar refractivity (Wildman–Crippen MR) is 132 cm³/mol. The quantitative estimate of drug-likeness (QED) is 0.503. The Labute approximate surface area is 193 Å². The van der Waals surface area contributed by atoms with Crippen molar-refractivity contribution < 1.29 is 18.9 Å². The van der Waals surface area contributed by atoms with Gasteiger partial charge in [0.05, 0.1) is 13.2 Å². The van der Waals surface area contributed by atoms with Crippen molar-refractivity contribution in [2.75, 3.05) is 26.1 Å². The Hall–Kier alpha value is -1.81. The fourth-order valence-electron chi connectivity index (χ4n) is 4.63. The van der Waals surface area contributed by atoms with E-state index >= 15 is 0 Å². The van der Waals surface area contributed by atoms with E-state index in [4.69, 9.17) is 9.26 Å². The van der Waals surface area contributed by atoms with Crippen molar-refractivity contribution in [2.24, 2.45) is 17.8 Å². The lowest BCUT2D eigenvalue weighted by atomic mass is 9.75. The molecule has 0 amide bonds. The van der Waals surface area contributed by atoms with Crippen LogP contribution in [0.3, 0.4) is 0 Å². The third-order valence-corrected chi connectivity index (χ3v) is 9.26. The first kappa shape index (κ1) is 24.8. The monoisotopic (exact) mass is 459 g/mol. The summed E-state index contributed by atoms with van der Waals surface area (Å²) >= 11 is 0. The van der Waals surface area contributed by atoms with Crippen LogP contribution in [-0.2, 0) is 9.09 Å². The molecule has 32 heavy (non-hydrogen) atoms. The van der Waals surface area contributed by atoms with Gasteiger partial charge >= 0.3 is 0 Å². The number of hydrogen-bond acceptors (Lipinski definition) is 5. The lowest BCUT2D eigenvalue weighted by molar-refractivity contribution is 0.0427. The Morgan fingerprint density at radius 1 is 1.03 bits per heavy atom. The molecule has 176 valence electrons. The van der Waals surface area contributed by atoms with E-state index in [9.17, 15) is 9.67 Å². The molecule has 0 spiro atoms. The van der Waals surface area contributed by atoms with Gasteiger partial charge in [0.15, 0.2) is 5.85 Å². The van der Waals surface area contributed by atoms with Crippen molar-refractivity contribution in [1.82, 2.24) is 0 Å². The molecule has 0 unspecified atom stereocenters. The molecular formula is C26H38NO4P. The highest BCUT2D eigenvalue weighted by atomic mass is 31.2. The zero-order valence-electron chi connectivity index (χ0n) is 20.2. The maximum atomic E-state index is 14.6. The lowest BCUT2D eigenvalue weighted by Gasteiger charge is -2.40. The van der Waals surface area contributed by atoms with E-state index in [-0.39, 0.29) is 6.10 Å². The third kappa shape index (κ3) is 5.39. The van der Waals surface area contributed by atoms with Crippen molar-refractivity contribution in [3.63, 3.8) is 0 Å². The number of hydrogen-bond donors (Lipinski definition) is 1. The summed E-state index contributed by atoms with van der Waals surface area (Å²) in [4.78, 5) is 1.99. The fraction of sp³-hybridized carbons (Fsp3) is 0.538. The van der Waals surface area contributed by atoms with E-state index in [1.807, 2.05) is 43.3 Å². The molecule has 1 saturated carbocycles. The number of nitrogens with zero attached hydrogens (tertiary/aromatic N) is 1. The van der Waals surface area contributed by atoms with Crippen LogP contribution in [0, 0.1) is 17.8 Å². The highest BCUT2D eigenvalue weighted by Gasteiger charge is 2.42. The molecule has 2 aromatic carbocycles. The van der Waals surface area contributed by atoms with Gasteiger partial charge in [-0.3, -0.25) is 4.57 Å². The summed E-state index contributed by atoms with van der Waals surface area (Å²) in [7, 11) is 1.90. The van der Waals surface area contributed by atoms with Gasteiger partial charge in [-0.1, -0.05) is 39.3 Å². The molecule has 1 fully saturated rings. The molecule has 6 heteroatoms. The zero-order valence-corrected chi connectivity index (χ0v) is 21.1. The second kappa shape index (κ2) is 10.4. The van der Waals surface area contributed by atoms with Gasteiger partial charge in [-0.25, -0.2) is 0 Å².